The van der Waals surface area contributed by atoms with Gasteiger partial charge in [-0.05, 0) is 56.3 Å². The largest absolute Gasteiger partial charge is 0.469 e. The second-order valence-corrected chi connectivity index (χ2v) is 10.7. The van der Waals surface area contributed by atoms with Crippen LogP contribution in [0.4, 0.5) is 0 Å². The Kier molecular flexibility index (Phi) is 5.02. The number of ether oxygens (including phenoxy) is 2. The molecule has 0 N–H and O–H groups in total. The van der Waals surface area contributed by atoms with E-state index in [2.05, 4.69) is 6.92 Å². The summed E-state index contributed by atoms with van der Waals surface area (Å²) < 4.78 is 10.8. The van der Waals surface area contributed by atoms with E-state index in [0.29, 0.717) is 38.1 Å². The van der Waals surface area contributed by atoms with Gasteiger partial charge in [0.2, 0.25) is 6.41 Å². The van der Waals surface area contributed by atoms with Crippen molar-refractivity contribution >= 4 is 24.1 Å². The average molecular weight is 444 g/mol. The monoisotopic (exact) mass is 443 g/mol. The molecule has 7 nitrogen and oxygen atoms in total. The summed E-state index contributed by atoms with van der Waals surface area (Å²) >= 11 is 0. The van der Waals surface area contributed by atoms with Gasteiger partial charge in [0.25, 0.3) is 0 Å². The summed E-state index contributed by atoms with van der Waals surface area (Å²) in [5, 5.41) is 0. The predicted molar refractivity (Wildman–Crippen MR) is 114 cm³/mol. The average Bonchev–Trinajstić information content (AvgIpc) is 3.42. The van der Waals surface area contributed by atoms with Crippen molar-refractivity contribution in [1.29, 1.82) is 0 Å². The Morgan fingerprint density at radius 2 is 2.00 bits per heavy atom. The van der Waals surface area contributed by atoms with Gasteiger partial charge in [0.1, 0.15) is 12.4 Å². The van der Waals surface area contributed by atoms with E-state index in [9.17, 15) is 19.2 Å². The van der Waals surface area contributed by atoms with Gasteiger partial charge in [0, 0.05) is 31.3 Å². The molecule has 7 heteroatoms. The van der Waals surface area contributed by atoms with Crippen LogP contribution < -0.4 is 0 Å². The van der Waals surface area contributed by atoms with Crippen molar-refractivity contribution < 1.29 is 28.7 Å². The lowest BCUT2D eigenvalue weighted by Crippen LogP contribution is -2.63. The molecule has 1 amide bonds. The minimum absolute atomic E-state index is 0.0306. The summed E-state index contributed by atoms with van der Waals surface area (Å²) in [7, 11) is 1.43. The van der Waals surface area contributed by atoms with Crippen LogP contribution in [0.5, 0.6) is 0 Å². The van der Waals surface area contributed by atoms with Crippen molar-refractivity contribution in [2.45, 2.75) is 64.8 Å². The molecular formula is C25H33NO6. The van der Waals surface area contributed by atoms with E-state index in [-0.39, 0.29) is 42.2 Å². The first kappa shape index (κ1) is 21.7. The minimum Gasteiger partial charge on any atom is -0.469 e. The van der Waals surface area contributed by atoms with E-state index in [0.717, 1.165) is 25.7 Å². The molecule has 5 rings (SSSR count). The summed E-state index contributed by atoms with van der Waals surface area (Å²) in [6.45, 7) is 4.25. The second-order valence-electron chi connectivity index (χ2n) is 10.7. The maximum absolute atomic E-state index is 14.0. The molecule has 4 aliphatic carbocycles. The van der Waals surface area contributed by atoms with Crippen LogP contribution in [0, 0.1) is 34.5 Å². The highest BCUT2D eigenvalue weighted by Gasteiger charge is 2.74. The molecule has 1 saturated heterocycles. The number of methoxy groups -OCH3 is 1. The molecule has 0 unspecified atom stereocenters. The summed E-state index contributed by atoms with van der Waals surface area (Å²) in [5.41, 5.74) is 0.972. The van der Waals surface area contributed by atoms with E-state index < -0.39 is 16.8 Å². The molecule has 1 spiro atoms. The van der Waals surface area contributed by atoms with Crippen molar-refractivity contribution in [2.75, 3.05) is 20.3 Å². The van der Waals surface area contributed by atoms with Gasteiger partial charge in [-0.2, -0.15) is 0 Å². The molecule has 0 bridgehead atoms. The Morgan fingerprint density at radius 1 is 1.22 bits per heavy atom. The summed E-state index contributed by atoms with van der Waals surface area (Å²) in [6.07, 6.45) is 5.80. The van der Waals surface area contributed by atoms with E-state index >= 15 is 0 Å². The molecule has 2 saturated carbocycles. The third-order valence-corrected chi connectivity index (χ3v) is 9.62. The van der Waals surface area contributed by atoms with Gasteiger partial charge >= 0.3 is 11.9 Å². The van der Waals surface area contributed by atoms with Gasteiger partial charge in [-0.3, -0.25) is 19.2 Å². The zero-order chi connectivity index (χ0) is 22.8. The molecule has 5 aliphatic rings. The normalized spacial score (nSPS) is 42.2. The predicted octanol–water partition coefficient (Wildman–Crippen LogP) is 2.67. The minimum atomic E-state index is -0.895. The Bertz CT molecular complexity index is 910. The van der Waals surface area contributed by atoms with E-state index in [4.69, 9.17) is 9.47 Å². The van der Waals surface area contributed by atoms with Crippen molar-refractivity contribution in [3.63, 3.8) is 0 Å². The molecule has 1 aliphatic heterocycles. The van der Waals surface area contributed by atoms with Crippen LogP contribution in [0.15, 0.2) is 11.1 Å². The quantitative estimate of drug-likeness (QED) is 0.377. The number of ketones is 1. The number of hydrogen-bond acceptors (Lipinski definition) is 6. The SMILES string of the molecule is COC(=O)[C@@H]1C[C@@]23C4=C(CCC(=O)[C@]2(COC(C)=O)CC[C@@H]2[C@H](C)CN(C=O)[C@@H]23)CC[C@@H]41. The van der Waals surface area contributed by atoms with Crippen molar-refractivity contribution in [3.8, 4) is 0 Å². The Balaban J connectivity index is 1.77. The first-order valence-corrected chi connectivity index (χ1v) is 12.0. The van der Waals surface area contributed by atoms with Gasteiger partial charge in [-0.15, -0.1) is 0 Å². The highest BCUT2D eigenvalue weighted by Crippen LogP contribution is 2.73. The highest BCUT2D eigenvalue weighted by molar-refractivity contribution is 5.89. The Labute approximate surface area is 188 Å². The number of carbonyl (C=O) groups excluding carboxylic acids is 4. The Morgan fingerprint density at radius 3 is 2.69 bits per heavy atom. The molecule has 0 radical (unpaired) electrons. The van der Waals surface area contributed by atoms with Crippen LogP contribution >= 0.6 is 0 Å². The number of amides is 1. The summed E-state index contributed by atoms with van der Waals surface area (Å²) in [6, 6.07) is -0.151. The molecule has 3 fully saturated rings. The number of carbonyl (C=O) groups is 4. The summed E-state index contributed by atoms with van der Waals surface area (Å²) in [4.78, 5) is 53.0. The number of nitrogens with zero attached hydrogens (tertiary/aromatic N) is 1. The topological polar surface area (TPSA) is 90.0 Å². The third kappa shape index (κ3) is 2.59. The van der Waals surface area contributed by atoms with Gasteiger partial charge in [-0.25, -0.2) is 0 Å². The molecule has 32 heavy (non-hydrogen) atoms. The number of esters is 2. The maximum Gasteiger partial charge on any atom is 0.309 e. The molecule has 0 aromatic rings. The van der Waals surface area contributed by atoms with Crippen LogP contribution in [0.3, 0.4) is 0 Å². The third-order valence-electron chi connectivity index (χ3n) is 9.62. The second kappa shape index (κ2) is 7.42. The smallest absolute Gasteiger partial charge is 0.309 e. The number of rotatable bonds is 4. The van der Waals surface area contributed by atoms with Crippen molar-refractivity contribution in [1.82, 2.24) is 4.90 Å². The van der Waals surface area contributed by atoms with Crippen LogP contribution in [-0.4, -0.2) is 55.3 Å². The number of likely N-dealkylation sites (tertiary alicyclic amines) is 1. The van der Waals surface area contributed by atoms with Crippen LogP contribution in [0.1, 0.15) is 58.8 Å². The highest BCUT2D eigenvalue weighted by atomic mass is 16.5. The van der Waals surface area contributed by atoms with Gasteiger partial charge in [0.05, 0.1) is 18.4 Å². The fourth-order valence-electron chi connectivity index (χ4n) is 8.57. The maximum atomic E-state index is 14.0. The number of fused-ring (bicyclic) bond motifs is 1. The van der Waals surface area contributed by atoms with E-state index in [1.807, 2.05) is 4.90 Å². The molecule has 1 heterocycles. The molecule has 174 valence electrons. The standard InChI is InChI=1S/C25H33NO6/c1-14-11-26(13-27)22-17(14)8-9-24(12-32-15(2)28)20(29)7-5-16-4-6-18-19(23(30)31-3)10-25(22,24)21(16)18/h13-14,17-19,22H,4-12H2,1-3H3/t14-,17-,18-,19-,22+,24-,25+/m1/s1. The first-order valence-electron chi connectivity index (χ1n) is 12.0. The Hall–Kier alpha value is -2.18. The fourth-order valence-corrected chi connectivity index (χ4v) is 8.57. The molecule has 0 aromatic heterocycles. The zero-order valence-corrected chi connectivity index (χ0v) is 19.2. The van der Waals surface area contributed by atoms with Crippen molar-refractivity contribution in [2.24, 2.45) is 34.5 Å². The van der Waals surface area contributed by atoms with Crippen molar-refractivity contribution in [3.05, 3.63) is 11.1 Å². The molecule has 0 aromatic carbocycles. The van der Waals surface area contributed by atoms with Crippen LogP contribution in [-0.2, 0) is 28.7 Å². The zero-order valence-electron chi connectivity index (χ0n) is 19.2. The van der Waals surface area contributed by atoms with Crippen LogP contribution in [0.25, 0.3) is 0 Å². The molecular weight excluding hydrogens is 410 g/mol. The lowest BCUT2D eigenvalue weighted by molar-refractivity contribution is -0.168. The van der Waals surface area contributed by atoms with Gasteiger partial charge in [-0.1, -0.05) is 18.1 Å². The lowest BCUT2D eigenvalue weighted by atomic mass is 9.47. The first-order chi connectivity index (χ1) is 15.3. The number of hydrogen-bond donors (Lipinski definition) is 0. The number of allylic oxidation sites excluding steroid dienone is 1. The molecule has 7 atom stereocenters. The van der Waals surface area contributed by atoms with E-state index in [1.165, 1.54) is 25.2 Å². The summed E-state index contributed by atoms with van der Waals surface area (Å²) in [5.74, 6) is -0.192. The van der Waals surface area contributed by atoms with Gasteiger partial charge < -0.3 is 14.4 Å². The fraction of sp³-hybridized carbons (Fsp3) is 0.760. The van der Waals surface area contributed by atoms with E-state index in [1.54, 1.807) is 0 Å². The number of Topliss-reactive ketones (excluding diaryl/α,β-unsaturated/α-hetero) is 1. The van der Waals surface area contributed by atoms with Crippen LogP contribution in [0.2, 0.25) is 0 Å². The van der Waals surface area contributed by atoms with Gasteiger partial charge in [0.15, 0.2) is 0 Å². The lowest BCUT2D eigenvalue weighted by Gasteiger charge is -2.58.